The van der Waals surface area contributed by atoms with Gasteiger partial charge in [0.2, 0.25) is 0 Å². The fraction of sp³-hybridized carbons (Fsp3) is 0.0769. The van der Waals surface area contributed by atoms with E-state index >= 15 is 0 Å². The van der Waals surface area contributed by atoms with Gasteiger partial charge in [-0.05, 0) is 216 Å². The van der Waals surface area contributed by atoms with Crippen LogP contribution in [0.15, 0.2) is 206 Å². The Morgan fingerprint density at radius 1 is 0.250 bits per heavy atom. The second-order valence-electron chi connectivity index (χ2n) is 17.8. The molecular weight excluding hydrogens is 1210 g/mol. The Labute approximate surface area is 568 Å². The molecule has 24 nitrogen and oxygen atoms in total. The molecule has 84 heavy (non-hydrogen) atoms. The molecule has 0 spiro atoms. The van der Waals surface area contributed by atoms with Crippen molar-refractivity contribution in [3.63, 3.8) is 0 Å². The van der Waals surface area contributed by atoms with Crippen LogP contribution in [0.4, 0.5) is 45.5 Å². The molecule has 8 bridgehead atoms. The van der Waals surface area contributed by atoms with Gasteiger partial charge in [0.05, 0.1) is 65.1 Å². The summed E-state index contributed by atoms with van der Waals surface area (Å²) < 4.78 is 131. The molecule has 0 saturated carbocycles. The van der Waals surface area contributed by atoms with E-state index in [0.29, 0.717) is 0 Å². The van der Waals surface area contributed by atoms with E-state index in [-0.39, 0.29) is 208 Å². The molecule has 4 N–H and O–H groups in total. The first-order chi connectivity index (χ1) is 37.7. The van der Waals surface area contributed by atoms with Gasteiger partial charge in [0, 0.05) is 0 Å². The first-order valence-corrected chi connectivity index (χ1v) is 28.8. The zero-order valence-electron chi connectivity index (χ0n) is 44.6. The summed E-state index contributed by atoms with van der Waals surface area (Å²) in [7, 11) is -18.2. The summed E-state index contributed by atoms with van der Waals surface area (Å²) in [5.74, 6) is -2.55. The Bertz CT molecular complexity index is 3740. The van der Waals surface area contributed by atoms with Crippen molar-refractivity contribution in [1.82, 2.24) is 0 Å². The summed E-state index contributed by atoms with van der Waals surface area (Å²) in [4.78, 5) is -1.67. The van der Waals surface area contributed by atoms with Crippen molar-refractivity contribution >= 4 is 86.0 Å². The molecule has 9 rings (SSSR count). The molecule has 0 saturated heterocycles. The third kappa shape index (κ3) is 17.6. The molecule has 0 heterocycles. The van der Waals surface area contributed by atoms with Crippen LogP contribution in [-0.2, 0) is 66.2 Å². The molecule has 0 aromatic heterocycles. The largest absolute Gasteiger partial charge is 1.00 e. The van der Waals surface area contributed by atoms with E-state index in [1.807, 2.05) is 0 Å². The fourth-order valence-electron chi connectivity index (χ4n) is 8.25. The van der Waals surface area contributed by atoms with Gasteiger partial charge in [0.15, 0.2) is 0 Å². The molecular formula is C52H36N8Na4O16S4. The minimum absolute atomic E-state index is 0. The fourth-order valence-corrected chi connectivity index (χ4v) is 10.2. The van der Waals surface area contributed by atoms with Crippen molar-refractivity contribution in [3.05, 3.63) is 190 Å². The van der Waals surface area contributed by atoms with Crippen molar-refractivity contribution in [2.75, 3.05) is 0 Å². The van der Waals surface area contributed by atoms with Crippen molar-refractivity contribution in [1.29, 1.82) is 0 Å². The predicted molar refractivity (Wildman–Crippen MR) is 277 cm³/mol. The van der Waals surface area contributed by atoms with Gasteiger partial charge in [0.25, 0.3) is 40.5 Å². The van der Waals surface area contributed by atoms with Crippen molar-refractivity contribution in [3.8, 4) is 23.0 Å². The van der Waals surface area contributed by atoms with Gasteiger partial charge in [-0.15, -0.1) is 23.0 Å². The molecule has 32 heteroatoms. The maximum atomic E-state index is 14.7. The summed E-state index contributed by atoms with van der Waals surface area (Å²) in [6, 6.07) is 29.4. The van der Waals surface area contributed by atoms with Crippen LogP contribution in [0.25, 0.3) is 0 Å². The van der Waals surface area contributed by atoms with Crippen LogP contribution < -0.4 is 139 Å². The third-order valence-corrected chi connectivity index (χ3v) is 15.6. The van der Waals surface area contributed by atoms with E-state index in [4.69, 9.17) is 0 Å². The summed E-state index contributed by atoms with van der Waals surface area (Å²) in [5, 5.41) is 92.7. The zero-order chi connectivity index (χ0) is 57.3. The Kier molecular flexibility index (Phi) is 23.8. The van der Waals surface area contributed by atoms with Crippen molar-refractivity contribution < 1.29 is 191 Å². The molecule has 0 atom stereocenters. The molecule has 0 aliphatic heterocycles. The Morgan fingerprint density at radius 2 is 0.381 bits per heavy atom. The average Bonchev–Trinajstić information content (AvgIpc) is 3.51. The predicted octanol–water partition coefficient (Wildman–Crippen LogP) is -2.68. The maximum absolute atomic E-state index is 14.7. The Hall–Kier alpha value is -5.00. The van der Waals surface area contributed by atoms with Crippen molar-refractivity contribution in [2.45, 2.75) is 45.3 Å². The molecule has 8 aromatic carbocycles. The molecule has 8 aromatic rings. The van der Waals surface area contributed by atoms with Crippen LogP contribution in [0.1, 0.15) is 44.5 Å². The van der Waals surface area contributed by atoms with Gasteiger partial charge >= 0.3 is 118 Å². The van der Waals surface area contributed by atoms with E-state index in [9.17, 15) is 72.3 Å². The number of rotatable bonds is 12. The average molecular weight is 1250 g/mol. The monoisotopic (exact) mass is 1250 g/mol. The van der Waals surface area contributed by atoms with Crippen LogP contribution in [0.3, 0.4) is 0 Å². The quantitative estimate of drug-likeness (QED) is 0.0550. The van der Waals surface area contributed by atoms with Crippen LogP contribution >= 0.6 is 0 Å². The normalized spacial score (nSPS) is 12.8. The summed E-state index contributed by atoms with van der Waals surface area (Å²) in [5.41, 5.74) is 0.272. The van der Waals surface area contributed by atoms with Gasteiger partial charge in [-0.3, -0.25) is 18.2 Å². The van der Waals surface area contributed by atoms with Crippen LogP contribution in [0.5, 0.6) is 23.0 Å². The summed E-state index contributed by atoms with van der Waals surface area (Å²) in [6.45, 7) is 0. The first-order valence-electron chi connectivity index (χ1n) is 23.0. The SMILES string of the molecule is O=S(=O)(O)c1ccc(N=Nc2cc3c([O-])c(c2)Cc2cc(N=Nc4ccc(S(=O)(=O)O)cc4)cc(c2[O-])Cc2cc(N=Nc4ccc(S(=O)(=O)O)cc4)cc(c2[O-])Cc2cc(N=Nc4ccc(S(=O)(=O)O)cc4)cc(c2[O-])C3)cc1.[Na+].[Na+].[Na+].[Na+]. The van der Waals surface area contributed by atoms with Gasteiger partial charge in [-0.1, -0.05) is 0 Å². The van der Waals surface area contributed by atoms with Gasteiger partial charge in [-0.2, -0.15) is 74.6 Å². The zero-order valence-corrected chi connectivity index (χ0v) is 55.8. The third-order valence-electron chi connectivity index (χ3n) is 12.1. The van der Waals surface area contributed by atoms with E-state index in [1.54, 1.807) is 0 Å². The molecule has 0 amide bonds. The number of fused-ring (bicyclic) bond motifs is 8. The molecule has 0 unspecified atom stereocenters. The van der Waals surface area contributed by atoms with E-state index < -0.39 is 109 Å². The molecule has 0 fully saturated rings. The minimum Gasteiger partial charge on any atom is -0.872 e. The second kappa shape index (κ2) is 28.7. The Balaban J connectivity index is 0.00000323. The smallest absolute Gasteiger partial charge is 0.872 e. The van der Waals surface area contributed by atoms with E-state index in [2.05, 4.69) is 40.9 Å². The molecule has 0 radical (unpaired) electrons. The molecule has 1 aliphatic carbocycles. The van der Waals surface area contributed by atoms with Crippen LogP contribution in [-0.4, -0.2) is 51.9 Å². The Morgan fingerprint density at radius 3 is 0.512 bits per heavy atom. The second-order valence-corrected chi connectivity index (χ2v) is 23.4. The minimum atomic E-state index is -4.55. The van der Waals surface area contributed by atoms with Crippen LogP contribution in [0.2, 0.25) is 0 Å². The van der Waals surface area contributed by atoms with E-state index in [0.717, 1.165) is 48.5 Å². The topological polar surface area (TPSA) is 409 Å². The summed E-state index contributed by atoms with van der Waals surface area (Å²) >= 11 is 0. The summed E-state index contributed by atoms with van der Waals surface area (Å²) in [6.07, 6.45) is -1.68. The standard InChI is InChI=1S/C52H40N8O16S4.4Na/c61-49-29-17-31-23-42(58-54-38-3-11-46(12-4-38)78(68,69)70)25-33(50(31)62)19-35-27-44(60-56-40-7-15-48(16-8-40)80(74,75)76)28-36(52(35)64)20-34-26-43(59-55-39-5-13-47(14-6-39)79(71,72)73)24-32(51(34)63)18-30(49)22-41(21-29)57-53-37-1-9-45(10-2-37)77(65,66)67;;;;/h1-16,21-28,61-64H,17-20H2,(H,65,66,67)(H,68,69,70)(H,71,72,73)(H,74,75,76);;;;/q;4*+1/p-4. The number of hydrogen-bond donors (Lipinski definition) is 4. The van der Waals surface area contributed by atoms with Crippen molar-refractivity contribution in [2.24, 2.45) is 40.9 Å². The number of benzene rings is 8. The molecule has 408 valence electrons. The van der Waals surface area contributed by atoms with Gasteiger partial charge < -0.3 is 20.4 Å². The molecule has 1 aliphatic rings. The van der Waals surface area contributed by atoms with Crippen LogP contribution in [0, 0.1) is 0 Å². The van der Waals surface area contributed by atoms with Gasteiger partial charge in [0.1, 0.15) is 0 Å². The maximum Gasteiger partial charge on any atom is 1.00 e. The van der Waals surface area contributed by atoms with E-state index in [1.165, 1.54) is 97.1 Å². The number of hydrogen-bond acceptors (Lipinski definition) is 20. The van der Waals surface area contributed by atoms with Gasteiger partial charge in [-0.25, -0.2) is 0 Å². The number of azo groups is 4. The number of nitrogens with zero attached hydrogens (tertiary/aromatic N) is 8. The first kappa shape index (κ1) is 69.8.